The number of aromatic nitrogens is 3. The second-order valence-corrected chi connectivity index (χ2v) is 4.45. The van der Waals surface area contributed by atoms with E-state index in [-0.39, 0.29) is 25.0 Å². The van der Waals surface area contributed by atoms with Crippen molar-refractivity contribution in [3.8, 4) is 0 Å². The van der Waals surface area contributed by atoms with Gasteiger partial charge in [-0.25, -0.2) is 9.67 Å². The van der Waals surface area contributed by atoms with Crippen LogP contribution in [0.15, 0.2) is 12.7 Å². The van der Waals surface area contributed by atoms with Crippen molar-refractivity contribution in [1.82, 2.24) is 19.7 Å². The largest absolute Gasteiger partial charge is 0.480 e. The van der Waals surface area contributed by atoms with E-state index in [0.29, 0.717) is 0 Å². The molecule has 1 aromatic rings. The molecule has 1 N–H and O–H groups in total. The van der Waals surface area contributed by atoms with Crippen LogP contribution in [-0.4, -0.2) is 49.2 Å². The third-order valence-electron chi connectivity index (χ3n) is 3.16. The molecular formula is C11H16N4O3. The predicted molar refractivity (Wildman–Crippen MR) is 61.6 cm³/mol. The number of hydrogen-bond donors (Lipinski definition) is 1. The Labute approximate surface area is 104 Å². The van der Waals surface area contributed by atoms with Gasteiger partial charge in [0.2, 0.25) is 5.91 Å². The van der Waals surface area contributed by atoms with Gasteiger partial charge in [-0.15, -0.1) is 0 Å². The first-order chi connectivity index (χ1) is 8.66. The van der Waals surface area contributed by atoms with Gasteiger partial charge in [-0.1, -0.05) is 12.8 Å². The molecular weight excluding hydrogens is 236 g/mol. The average molecular weight is 252 g/mol. The minimum absolute atomic E-state index is 0.0454. The molecule has 7 heteroatoms. The number of carboxylic acid groups (broad SMARTS) is 1. The highest BCUT2D eigenvalue weighted by atomic mass is 16.4. The van der Waals surface area contributed by atoms with Crippen molar-refractivity contribution < 1.29 is 14.7 Å². The molecule has 0 radical (unpaired) electrons. The van der Waals surface area contributed by atoms with Gasteiger partial charge in [-0.05, 0) is 12.8 Å². The fourth-order valence-electron chi connectivity index (χ4n) is 2.33. The van der Waals surface area contributed by atoms with Crippen LogP contribution in [-0.2, 0) is 16.1 Å². The van der Waals surface area contributed by atoms with Crippen molar-refractivity contribution in [2.75, 3.05) is 6.54 Å². The molecule has 0 atom stereocenters. The lowest BCUT2D eigenvalue weighted by Crippen LogP contribution is -2.43. The van der Waals surface area contributed by atoms with Crippen LogP contribution in [0.1, 0.15) is 25.7 Å². The molecule has 1 saturated carbocycles. The van der Waals surface area contributed by atoms with Crippen molar-refractivity contribution in [3.05, 3.63) is 12.7 Å². The monoisotopic (exact) mass is 252 g/mol. The molecule has 1 aromatic heterocycles. The van der Waals surface area contributed by atoms with Gasteiger partial charge >= 0.3 is 5.97 Å². The molecule has 0 unspecified atom stereocenters. The maximum atomic E-state index is 12.1. The highest BCUT2D eigenvalue weighted by Gasteiger charge is 2.28. The van der Waals surface area contributed by atoms with Gasteiger partial charge in [-0.3, -0.25) is 9.59 Å². The number of rotatable bonds is 5. The summed E-state index contributed by atoms with van der Waals surface area (Å²) in [6, 6.07) is 0.0529. The summed E-state index contributed by atoms with van der Waals surface area (Å²) in [6.07, 6.45) is 6.68. The first kappa shape index (κ1) is 12.5. The highest BCUT2D eigenvalue weighted by Crippen LogP contribution is 2.23. The number of aliphatic carboxylic acids is 1. The van der Waals surface area contributed by atoms with E-state index >= 15 is 0 Å². The Bertz CT molecular complexity index is 412. The molecule has 0 aromatic carbocycles. The van der Waals surface area contributed by atoms with E-state index < -0.39 is 5.97 Å². The van der Waals surface area contributed by atoms with Gasteiger partial charge in [0.05, 0.1) is 0 Å². The van der Waals surface area contributed by atoms with Gasteiger partial charge in [0, 0.05) is 6.04 Å². The zero-order chi connectivity index (χ0) is 13.0. The zero-order valence-corrected chi connectivity index (χ0v) is 10.0. The van der Waals surface area contributed by atoms with Crippen molar-refractivity contribution in [2.24, 2.45) is 0 Å². The lowest BCUT2D eigenvalue weighted by atomic mass is 10.2. The van der Waals surface area contributed by atoms with Crippen LogP contribution in [0.5, 0.6) is 0 Å². The normalized spacial score (nSPS) is 15.8. The van der Waals surface area contributed by atoms with Gasteiger partial charge in [0.15, 0.2) is 0 Å². The Morgan fingerprint density at radius 2 is 2.11 bits per heavy atom. The summed E-state index contributed by atoms with van der Waals surface area (Å²) < 4.78 is 1.41. The first-order valence-corrected chi connectivity index (χ1v) is 6.00. The molecule has 1 aliphatic carbocycles. The maximum absolute atomic E-state index is 12.1. The van der Waals surface area contributed by atoms with Gasteiger partial charge in [-0.2, -0.15) is 5.10 Å². The molecule has 0 aliphatic heterocycles. The molecule has 1 aliphatic rings. The summed E-state index contributed by atoms with van der Waals surface area (Å²) in [7, 11) is 0. The third-order valence-corrected chi connectivity index (χ3v) is 3.16. The summed E-state index contributed by atoms with van der Waals surface area (Å²) in [6.45, 7) is -0.192. The van der Waals surface area contributed by atoms with Crippen LogP contribution in [0.3, 0.4) is 0 Å². The van der Waals surface area contributed by atoms with E-state index in [4.69, 9.17) is 5.11 Å². The summed E-state index contributed by atoms with van der Waals surface area (Å²) in [5.74, 6) is -1.19. The molecule has 1 amide bonds. The van der Waals surface area contributed by atoms with Crippen LogP contribution < -0.4 is 0 Å². The third kappa shape index (κ3) is 3.06. The quantitative estimate of drug-likeness (QED) is 0.805. The minimum Gasteiger partial charge on any atom is -0.480 e. The van der Waals surface area contributed by atoms with E-state index in [2.05, 4.69) is 10.1 Å². The van der Waals surface area contributed by atoms with Crippen molar-refractivity contribution >= 4 is 11.9 Å². The van der Waals surface area contributed by atoms with Crippen LogP contribution in [0.2, 0.25) is 0 Å². The molecule has 18 heavy (non-hydrogen) atoms. The highest BCUT2D eigenvalue weighted by molar-refractivity contribution is 5.81. The molecule has 1 fully saturated rings. The Hall–Kier alpha value is -1.92. The molecule has 7 nitrogen and oxygen atoms in total. The topological polar surface area (TPSA) is 88.3 Å². The molecule has 0 bridgehead atoms. The van der Waals surface area contributed by atoms with Crippen molar-refractivity contribution in [1.29, 1.82) is 0 Å². The van der Waals surface area contributed by atoms with E-state index in [0.717, 1.165) is 25.7 Å². The summed E-state index contributed by atoms with van der Waals surface area (Å²) >= 11 is 0. The molecule has 2 rings (SSSR count). The van der Waals surface area contributed by atoms with E-state index in [9.17, 15) is 9.59 Å². The fourth-order valence-corrected chi connectivity index (χ4v) is 2.33. The van der Waals surface area contributed by atoms with Crippen LogP contribution in [0, 0.1) is 0 Å². The van der Waals surface area contributed by atoms with E-state index in [1.165, 1.54) is 22.2 Å². The Morgan fingerprint density at radius 1 is 1.39 bits per heavy atom. The molecule has 0 saturated heterocycles. The number of hydrogen-bond acceptors (Lipinski definition) is 4. The predicted octanol–water partition coefficient (Wildman–Crippen LogP) is 0.134. The lowest BCUT2D eigenvalue weighted by molar-refractivity contribution is -0.146. The Balaban J connectivity index is 2.02. The Morgan fingerprint density at radius 3 is 2.67 bits per heavy atom. The molecule has 1 heterocycles. The molecule has 0 spiro atoms. The second kappa shape index (κ2) is 5.61. The zero-order valence-electron chi connectivity index (χ0n) is 10.0. The minimum atomic E-state index is -0.978. The Kier molecular flexibility index (Phi) is 3.91. The maximum Gasteiger partial charge on any atom is 0.323 e. The lowest BCUT2D eigenvalue weighted by Gasteiger charge is -2.27. The van der Waals surface area contributed by atoms with Crippen molar-refractivity contribution in [3.63, 3.8) is 0 Å². The standard InChI is InChI=1S/C11H16N4O3/c16-10(5-14-8-12-7-13-14)15(6-11(17)18)9-3-1-2-4-9/h7-9H,1-6H2,(H,17,18). The summed E-state index contributed by atoms with van der Waals surface area (Å²) in [5, 5.41) is 12.7. The number of carboxylic acids is 1. The summed E-state index contributed by atoms with van der Waals surface area (Å²) in [4.78, 5) is 28.2. The smallest absolute Gasteiger partial charge is 0.323 e. The van der Waals surface area contributed by atoms with Crippen LogP contribution >= 0.6 is 0 Å². The van der Waals surface area contributed by atoms with Gasteiger partial charge < -0.3 is 10.0 Å². The number of amides is 1. The summed E-state index contributed by atoms with van der Waals surface area (Å²) in [5.41, 5.74) is 0. The first-order valence-electron chi connectivity index (χ1n) is 6.00. The average Bonchev–Trinajstić information content (AvgIpc) is 2.97. The van der Waals surface area contributed by atoms with E-state index in [1.54, 1.807) is 0 Å². The van der Waals surface area contributed by atoms with Crippen LogP contribution in [0.25, 0.3) is 0 Å². The number of nitrogens with zero attached hydrogens (tertiary/aromatic N) is 4. The van der Waals surface area contributed by atoms with Gasteiger partial charge in [0.1, 0.15) is 25.7 Å². The number of carbonyl (C=O) groups excluding carboxylic acids is 1. The van der Waals surface area contributed by atoms with Gasteiger partial charge in [0.25, 0.3) is 0 Å². The fraction of sp³-hybridized carbons (Fsp3) is 0.636. The SMILES string of the molecule is O=C(O)CN(C(=O)Cn1cncn1)C1CCCC1. The van der Waals surface area contributed by atoms with E-state index in [1.807, 2.05) is 0 Å². The number of carbonyl (C=O) groups is 2. The second-order valence-electron chi connectivity index (χ2n) is 4.45. The van der Waals surface area contributed by atoms with Crippen LogP contribution in [0.4, 0.5) is 0 Å². The van der Waals surface area contributed by atoms with Crippen molar-refractivity contribution in [2.45, 2.75) is 38.3 Å². The molecule has 98 valence electrons.